The molecular weight excluding hydrogens is 565 g/mol. The number of amides is 2. The average molecular weight is 603 g/mol. The van der Waals surface area contributed by atoms with Crippen molar-refractivity contribution in [2.75, 3.05) is 57.8 Å². The van der Waals surface area contributed by atoms with Crippen LogP contribution in [0.1, 0.15) is 35.3 Å². The van der Waals surface area contributed by atoms with E-state index in [9.17, 15) is 9.59 Å². The molecule has 1 aliphatic carbocycles. The van der Waals surface area contributed by atoms with E-state index in [1.165, 1.54) is 5.56 Å². The Morgan fingerprint density at radius 1 is 0.976 bits per heavy atom. The van der Waals surface area contributed by atoms with Gasteiger partial charge in [-0.05, 0) is 25.5 Å². The Labute approximate surface area is 252 Å². The summed E-state index contributed by atoms with van der Waals surface area (Å²) in [6, 6.07) is 14.0. The normalized spacial score (nSPS) is 17.4. The van der Waals surface area contributed by atoms with Crippen LogP contribution in [0.5, 0.6) is 0 Å². The minimum atomic E-state index is -0.381. The molecule has 2 fully saturated rings. The van der Waals surface area contributed by atoms with E-state index < -0.39 is 0 Å². The third-order valence-corrected chi connectivity index (χ3v) is 7.84. The molecule has 3 aromatic rings. The van der Waals surface area contributed by atoms with Crippen LogP contribution in [0.25, 0.3) is 22.5 Å². The summed E-state index contributed by atoms with van der Waals surface area (Å²) in [6.45, 7) is 12.1. The van der Waals surface area contributed by atoms with Gasteiger partial charge in [0, 0.05) is 63.0 Å². The zero-order valence-electron chi connectivity index (χ0n) is 23.3. The van der Waals surface area contributed by atoms with Crippen LogP contribution >= 0.6 is 24.8 Å². The van der Waals surface area contributed by atoms with Gasteiger partial charge in [0.25, 0.3) is 0 Å². The number of carbonyl (C=O) groups is 2. The highest BCUT2D eigenvalue weighted by Crippen LogP contribution is 2.42. The van der Waals surface area contributed by atoms with E-state index in [1.54, 1.807) is 6.07 Å². The lowest BCUT2D eigenvalue weighted by Gasteiger charge is -2.36. The van der Waals surface area contributed by atoms with E-state index in [1.807, 2.05) is 29.3 Å². The monoisotopic (exact) mass is 601 g/mol. The largest absolute Gasteiger partial charge is 0.379 e. The Bertz CT molecular complexity index is 1370. The van der Waals surface area contributed by atoms with Gasteiger partial charge < -0.3 is 10.1 Å². The first-order chi connectivity index (χ1) is 19.0. The number of ether oxygens (including phenoxy) is 1. The topological polar surface area (TPSA) is 106 Å². The number of aromatic amines is 1. The molecule has 0 unspecified atom stereocenters. The van der Waals surface area contributed by atoms with Crippen molar-refractivity contribution < 1.29 is 14.3 Å². The molecule has 0 bridgehead atoms. The fraction of sp³-hybridized carbons (Fsp3) is 0.414. The van der Waals surface area contributed by atoms with Crippen LogP contribution in [-0.4, -0.2) is 95.3 Å². The molecule has 2 saturated heterocycles. The molecular formula is C29H37Cl2N7O3. The lowest BCUT2D eigenvalue weighted by Crippen LogP contribution is -2.49. The number of morpholine rings is 1. The molecule has 220 valence electrons. The first-order valence-electron chi connectivity index (χ1n) is 13.7. The van der Waals surface area contributed by atoms with Gasteiger partial charge in [-0.2, -0.15) is 5.10 Å². The SMILES string of the molecule is CC(C)N1CCN(Cc2ccc(-c3n[nH]c4c3C(=O)c3c(NC(=O)NN5CCOCC5)cccc3-4)cc2)CC1.Cl.Cl. The number of benzene rings is 2. The van der Waals surface area contributed by atoms with Crippen molar-refractivity contribution >= 4 is 42.3 Å². The third kappa shape index (κ3) is 6.43. The van der Waals surface area contributed by atoms with Crippen LogP contribution in [-0.2, 0) is 11.3 Å². The summed E-state index contributed by atoms with van der Waals surface area (Å²) in [4.78, 5) is 31.3. The van der Waals surface area contributed by atoms with Gasteiger partial charge in [0.2, 0.25) is 0 Å². The van der Waals surface area contributed by atoms with Crippen molar-refractivity contribution in [2.45, 2.75) is 26.4 Å². The van der Waals surface area contributed by atoms with Crippen LogP contribution in [0, 0.1) is 0 Å². The Balaban J connectivity index is 0.00000194. The Morgan fingerprint density at radius 3 is 2.37 bits per heavy atom. The van der Waals surface area contributed by atoms with E-state index >= 15 is 0 Å². The molecule has 10 nitrogen and oxygen atoms in total. The maximum Gasteiger partial charge on any atom is 0.333 e. The molecule has 2 aliphatic heterocycles. The number of fused-ring (bicyclic) bond motifs is 3. The summed E-state index contributed by atoms with van der Waals surface area (Å²) in [5, 5.41) is 12.3. The number of anilines is 1. The van der Waals surface area contributed by atoms with Crippen molar-refractivity contribution in [3.05, 3.63) is 59.2 Å². The van der Waals surface area contributed by atoms with Crippen LogP contribution in [0.2, 0.25) is 0 Å². The molecule has 3 aliphatic rings. The van der Waals surface area contributed by atoms with Crippen LogP contribution in [0.15, 0.2) is 42.5 Å². The summed E-state index contributed by atoms with van der Waals surface area (Å²) in [7, 11) is 0. The molecule has 2 aromatic carbocycles. The number of hydrogen-bond acceptors (Lipinski definition) is 7. The summed E-state index contributed by atoms with van der Waals surface area (Å²) in [5.41, 5.74) is 8.54. The van der Waals surface area contributed by atoms with Crippen LogP contribution in [0.3, 0.4) is 0 Å². The van der Waals surface area contributed by atoms with E-state index in [0.717, 1.165) is 43.9 Å². The second kappa shape index (κ2) is 13.3. The molecule has 6 rings (SSSR count). The van der Waals surface area contributed by atoms with Crippen molar-refractivity contribution in [1.82, 2.24) is 30.4 Å². The number of rotatable bonds is 6. The summed E-state index contributed by atoms with van der Waals surface area (Å²) < 4.78 is 5.33. The third-order valence-electron chi connectivity index (χ3n) is 7.84. The first kappa shape index (κ1) is 31.0. The zero-order chi connectivity index (χ0) is 26.9. The van der Waals surface area contributed by atoms with Gasteiger partial charge in [0.15, 0.2) is 5.78 Å². The number of aromatic nitrogens is 2. The number of nitrogens with zero attached hydrogens (tertiary/aromatic N) is 4. The van der Waals surface area contributed by atoms with E-state index in [-0.39, 0.29) is 36.6 Å². The fourth-order valence-electron chi connectivity index (χ4n) is 5.63. The zero-order valence-corrected chi connectivity index (χ0v) is 24.9. The molecule has 0 spiro atoms. The van der Waals surface area contributed by atoms with E-state index in [4.69, 9.17) is 4.74 Å². The highest BCUT2D eigenvalue weighted by atomic mass is 35.5. The van der Waals surface area contributed by atoms with Gasteiger partial charge in [-0.25, -0.2) is 9.80 Å². The minimum absolute atomic E-state index is 0. The summed E-state index contributed by atoms with van der Waals surface area (Å²) >= 11 is 0. The molecule has 3 N–H and O–H groups in total. The van der Waals surface area contributed by atoms with Gasteiger partial charge in [-0.15, -0.1) is 24.8 Å². The fourth-order valence-corrected chi connectivity index (χ4v) is 5.63. The number of hydrazine groups is 1. The standard InChI is InChI=1S/C29H35N7O3.2ClH/c1-19(2)35-12-10-34(11-13-35)18-20-6-8-21(9-7-20)26-25-27(32-31-26)22-4-3-5-23(24(22)28(25)37)30-29(38)33-36-14-16-39-17-15-36;;/h3-9,19H,10-18H2,1-2H3,(H,31,32)(H2,30,33,38);2*1H. The molecule has 41 heavy (non-hydrogen) atoms. The van der Waals surface area contributed by atoms with Crippen molar-refractivity contribution in [3.63, 3.8) is 0 Å². The number of ketones is 1. The lowest BCUT2D eigenvalue weighted by atomic mass is 10.0. The van der Waals surface area contributed by atoms with Crippen LogP contribution in [0.4, 0.5) is 10.5 Å². The highest BCUT2D eigenvalue weighted by Gasteiger charge is 2.35. The van der Waals surface area contributed by atoms with E-state index in [2.05, 4.69) is 56.7 Å². The molecule has 12 heteroatoms. The number of piperazine rings is 1. The van der Waals surface area contributed by atoms with Crippen molar-refractivity contribution in [1.29, 1.82) is 0 Å². The first-order valence-corrected chi connectivity index (χ1v) is 13.7. The van der Waals surface area contributed by atoms with Crippen molar-refractivity contribution in [2.24, 2.45) is 0 Å². The molecule has 1 aromatic heterocycles. The molecule has 3 heterocycles. The Morgan fingerprint density at radius 2 is 1.68 bits per heavy atom. The summed E-state index contributed by atoms with van der Waals surface area (Å²) in [5.74, 6) is -0.141. The molecule has 0 radical (unpaired) electrons. The Kier molecular flexibility index (Phi) is 10.1. The van der Waals surface area contributed by atoms with E-state index in [0.29, 0.717) is 60.5 Å². The second-order valence-electron chi connectivity index (χ2n) is 10.6. The van der Waals surface area contributed by atoms with Gasteiger partial charge in [0.05, 0.1) is 35.7 Å². The predicted octanol–water partition coefficient (Wildman–Crippen LogP) is 4.03. The number of hydrogen-bond donors (Lipinski definition) is 3. The maximum absolute atomic E-state index is 13.7. The van der Waals surface area contributed by atoms with Gasteiger partial charge in [-0.1, -0.05) is 36.4 Å². The lowest BCUT2D eigenvalue weighted by molar-refractivity contribution is 0.0207. The Hall–Kier alpha value is -2.99. The number of H-pyrrole nitrogens is 1. The van der Waals surface area contributed by atoms with Crippen LogP contribution < -0.4 is 10.7 Å². The van der Waals surface area contributed by atoms with Crippen molar-refractivity contribution in [3.8, 4) is 22.5 Å². The average Bonchev–Trinajstić information content (AvgIpc) is 3.50. The summed E-state index contributed by atoms with van der Waals surface area (Å²) in [6.07, 6.45) is 0. The van der Waals surface area contributed by atoms with Gasteiger partial charge >= 0.3 is 6.03 Å². The molecule has 0 atom stereocenters. The molecule has 0 saturated carbocycles. The predicted molar refractivity (Wildman–Crippen MR) is 164 cm³/mol. The quantitative estimate of drug-likeness (QED) is 0.306. The minimum Gasteiger partial charge on any atom is -0.379 e. The number of halogens is 2. The second-order valence-corrected chi connectivity index (χ2v) is 10.6. The smallest absolute Gasteiger partial charge is 0.333 e. The highest BCUT2D eigenvalue weighted by molar-refractivity contribution is 6.26. The van der Waals surface area contributed by atoms with Gasteiger partial charge in [-0.3, -0.25) is 25.1 Å². The number of nitrogens with one attached hydrogen (secondary N) is 3. The number of urea groups is 1. The van der Waals surface area contributed by atoms with Gasteiger partial charge in [0.1, 0.15) is 5.69 Å². The molecule has 2 amide bonds. The maximum atomic E-state index is 13.7. The number of carbonyl (C=O) groups excluding carboxylic acids is 2.